The highest BCUT2D eigenvalue weighted by Crippen LogP contribution is 2.18. The molecule has 0 heterocycles. The topological polar surface area (TPSA) is 152 Å². The number of ether oxygens (including phenoxy) is 2. The summed E-state index contributed by atoms with van der Waals surface area (Å²) in [6.07, 6.45) is 28.0. The molecule has 0 aliphatic rings. The molecule has 56 heavy (non-hydrogen) atoms. The van der Waals surface area contributed by atoms with Gasteiger partial charge in [-0.1, -0.05) is 118 Å². The first-order chi connectivity index (χ1) is 27.2. The lowest BCUT2D eigenvalue weighted by molar-refractivity contribution is -0.151. The molecule has 0 fully saturated rings. The molecule has 6 N–H and O–H groups in total. The van der Waals surface area contributed by atoms with Crippen LogP contribution >= 0.6 is 0 Å². The predicted octanol–water partition coefficient (Wildman–Crippen LogP) is 9.06. The average molecular weight is 799 g/mol. The Kier molecular flexibility index (Phi) is 39.5. The Hall–Kier alpha value is -1.30. The fourth-order valence-electron chi connectivity index (χ4n) is 7.40. The number of hydrogen-bond donors (Lipinski definition) is 4. The van der Waals surface area contributed by atoms with Crippen LogP contribution in [-0.2, 0) is 19.1 Å². The van der Waals surface area contributed by atoms with E-state index in [1.807, 2.05) is 0 Å². The number of carbonyl (C=O) groups is 2. The normalized spacial score (nSPS) is 14.0. The van der Waals surface area contributed by atoms with Crippen molar-refractivity contribution in [1.29, 1.82) is 0 Å². The SMILES string of the molecule is CCCCCCCC(CCCC)OC(=O)CCCCCN(CCCCN(CCCCCC(=O)OC(CCCC)CCCCCCC)CC(O)CN)CC(O)CN. The molecule has 0 aliphatic heterocycles. The fraction of sp³-hybridized carbons (Fsp3) is 0.957. The molecule has 0 amide bonds. The minimum Gasteiger partial charge on any atom is -0.462 e. The number of unbranched alkanes of at least 4 members (excludes halogenated alkanes) is 15. The van der Waals surface area contributed by atoms with E-state index in [1.165, 1.54) is 51.4 Å². The van der Waals surface area contributed by atoms with Crippen LogP contribution in [0.2, 0.25) is 0 Å². The molecule has 4 atom stereocenters. The summed E-state index contributed by atoms with van der Waals surface area (Å²) in [5, 5.41) is 20.7. The van der Waals surface area contributed by atoms with Gasteiger partial charge in [-0.25, -0.2) is 0 Å². The molecule has 0 spiro atoms. The number of rotatable bonds is 43. The van der Waals surface area contributed by atoms with Crippen molar-refractivity contribution in [2.45, 2.75) is 232 Å². The zero-order valence-electron chi connectivity index (χ0n) is 37.3. The highest BCUT2D eigenvalue weighted by Gasteiger charge is 2.17. The van der Waals surface area contributed by atoms with Crippen LogP contribution in [0.1, 0.15) is 207 Å². The van der Waals surface area contributed by atoms with Crippen molar-refractivity contribution in [3.05, 3.63) is 0 Å². The summed E-state index contributed by atoms with van der Waals surface area (Å²) < 4.78 is 11.8. The van der Waals surface area contributed by atoms with Gasteiger partial charge >= 0.3 is 11.9 Å². The van der Waals surface area contributed by atoms with Gasteiger partial charge in [0.05, 0.1) is 12.2 Å². The van der Waals surface area contributed by atoms with Crippen molar-refractivity contribution in [1.82, 2.24) is 9.80 Å². The van der Waals surface area contributed by atoms with Crippen LogP contribution in [-0.4, -0.2) is 109 Å². The van der Waals surface area contributed by atoms with Gasteiger partial charge in [0, 0.05) is 39.0 Å². The van der Waals surface area contributed by atoms with E-state index in [9.17, 15) is 19.8 Å². The van der Waals surface area contributed by atoms with E-state index in [-0.39, 0.29) is 37.2 Å². The zero-order valence-corrected chi connectivity index (χ0v) is 37.3. The summed E-state index contributed by atoms with van der Waals surface area (Å²) in [5.74, 6) is -0.117. The molecule has 334 valence electrons. The van der Waals surface area contributed by atoms with Crippen LogP contribution in [0, 0.1) is 0 Å². The molecule has 0 bridgehead atoms. The van der Waals surface area contributed by atoms with Crippen LogP contribution in [0.5, 0.6) is 0 Å². The number of carbonyl (C=O) groups excluding carboxylic acids is 2. The monoisotopic (exact) mass is 799 g/mol. The second-order valence-corrected chi connectivity index (χ2v) is 16.6. The van der Waals surface area contributed by atoms with Gasteiger partial charge in [0.25, 0.3) is 0 Å². The minimum atomic E-state index is -0.557. The lowest BCUT2D eigenvalue weighted by atomic mass is 10.0. The van der Waals surface area contributed by atoms with Crippen LogP contribution < -0.4 is 11.5 Å². The maximum atomic E-state index is 12.7. The van der Waals surface area contributed by atoms with Gasteiger partial charge in [0.15, 0.2) is 0 Å². The van der Waals surface area contributed by atoms with E-state index >= 15 is 0 Å². The summed E-state index contributed by atoms with van der Waals surface area (Å²) in [6, 6.07) is 0. The summed E-state index contributed by atoms with van der Waals surface area (Å²) in [7, 11) is 0. The fourth-order valence-corrected chi connectivity index (χ4v) is 7.40. The molecule has 0 aromatic carbocycles. The van der Waals surface area contributed by atoms with Gasteiger partial charge < -0.3 is 41.0 Å². The van der Waals surface area contributed by atoms with Crippen molar-refractivity contribution >= 4 is 11.9 Å². The van der Waals surface area contributed by atoms with Gasteiger partial charge in [0.2, 0.25) is 0 Å². The van der Waals surface area contributed by atoms with Crippen molar-refractivity contribution in [2.75, 3.05) is 52.4 Å². The van der Waals surface area contributed by atoms with E-state index in [0.29, 0.717) is 25.9 Å². The third kappa shape index (κ3) is 34.7. The standard InChI is InChI=1S/C46H94N4O6/c1-5-9-13-15-19-29-43(27-11-7-3)55-45(53)31-21-17-23-33-49(39-41(51)37-47)35-25-26-36-50(40-42(52)38-48)34-24-18-22-32-46(54)56-44(28-12-8-4)30-20-16-14-10-6-2/h41-44,51-52H,5-40,47-48H2,1-4H3. The van der Waals surface area contributed by atoms with Crippen molar-refractivity contribution < 1.29 is 29.3 Å². The molecule has 10 nitrogen and oxygen atoms in total. The van der Waals surface area contributed by atoms with Gasteiger partial charge in [-0.15, -0.1) is 0 Å². The lowest BCUT2D eigenvalue weighted by Gasteiger charge is -2.27. The van der Waals surface area contributed by atoms with Crippen LogP contribution in [0.15, 0.2) is 0 Å². The first kappa shape index (κ1) is 54.7. The summed E-state index contributed by atoms with van der Waals surface area (Å²) >= 11 is 0. The first-order valence-corrected chi connectivity index (χ1v) is 23.8. The third-order valence-electron chi connectivity index (χ3n) is 11.0. The molecular weight excluding hydrogens is 705 g/mol. The van der Waals surface area contributed by atoms with Crippen molar-refractivity contribution in [2.24, 2.45) is 11.5 Å². The van der Waals surface area contributed by atoms with E-state index in [2.05, 4.69) is 37.5 Å². The number of nitrogens with zero attached hydrogens (tertiary/aromatic N) is 2. The Bertz CT molecular complexity index is 800. The minimum absolute atomic E-state index is 0.0587. The molecule has 4 unspecified atom stereocenters. The Balaban J connectivity index is 4.63. The van der Waals surface area contributed by atoms with E-state index in [1.54, 1.807) is 0 Å². The molecule has 0 aromatic heterocycles. The molecule has 0 saturated heterocycles. The van der Waals surface area contributed by atoms with E-state index in [4.69, 9.17) is 20.9 Å². The zero-order chi connectivity index (χ0) is 41.5. The summed E-state index contributed by atoms with van der Waals surface area (Å²) in [5.41, 5.74) is 11.5. The number of hydrogen-bond acceptors (Lipinski definition) is 10. The number of aliphatic hydroxyl groups is 2. The Morgan fingerprint density at radius 3 is 1.09 bits per heavy atom. The first-order valence-electron chi connectivity index (χ1n) is 23.8. The van der Waals surface area contributed by atoms with Crippen LogP contribution in [0.3, 0.4) is 0 Å². The average Bonchev–Trinajstić information content (AvgIpc) is 3.19. The second kappa shape index (κ2) is 40.5. The number of esters is 2. The van der Waals surface area contributed by atoms with Crippen molar-refractivity contribution in [3.8, 4) is 0 Å². The Morgan fingerprint density at radius 2 is 0.750 bits per heavy atom. The second-order valence-electron chi connectivity index (χ2n) is 16.6. The van der Waals surface area contributed by atoms with Crippen LogP contribution in [0.4, 0.5) is 0 Å². The maximum Gasteiger partial charge on any atom is 0.306 e. The smallest absolute Gasteiger partial charge is 0.306 e. The molecule has 0 rings (SSSR count). The Labute approximate surface area is 345 Å². The highest BCUT2D eigenvalue weighted by atomic mass is 16.5. The largest absolute Gasteiger partial charge is 0.462 e. The number of nitrogens with two attached hydrogens (primary N) is 2. The number of aliphatic hydroxyl groups excluding tert-OH is 2. The van der Waals surface area contributed by atoms with Gasteiger partial charge in [-0.2, -0.15) is 0 Å². The van der Waals surface area contributed by atoms with E-state index in [0.717, 1.165) is 142 Å². The molecule has 10 heteroatoms. The van der Waals surface area contributed by atoms with E-state index < -0.39 is 12.2 Å². The lowest BCUT2D eigenvalue weighted by Crippen LogP contribution is -2.39. The summed E-state index contributed by atoms with van der Waals surface area (Å²) in [6.45, 7) is 13.9. The Morgan fingerprint density at radius 1 is 0.446 bits per heavy atom. The van der Waals surface area contributed by atoms with Gasteiger partial charge in [-0.05, 0) is 103 Å². The molecule has 0 aliphatic carbocycles. The maximum absolute atomic E-state index is 12.7. The summed E-state index contributed by atoms with van der Waals surface area (Å²) in [4.78, 5) is 29.9. The van der Waals surface area contributed by atoms with Gasteiger partial charge in [0.1, 0.15) is 12.2 Å². The molecule has 0 radical (unpaired) electrons. The predicted molar refractivity (Wildman–Crippen MR) is 235 cm³/mol. The quantitative estimate of drug-likeness (QED) is 0.0347. The van der Waals surface area contributed by atoms with Gasteiger partial charge in [-0.3, -0.25) is 9.59 Å². The molecule has 0 aromatic rings. The molecular formula is C46H94N4O6. The third-order valence-corrected chi connectivity index (χ3v) is 11.0. The highest BCUT2D eigenvalue weighted by molar-refractivity contribution is 5.69. The van der Waals surface area contributed by atoms with Crippen molar-refractivity contribution in [3.63, 3.8) is 0 Å². The van der Waals surface area contributed by atoms with Crippen LogP contribution in [0.25, 0.3) is 0 Å². The molecule has 0 saturated carbocycles.